The number of hydrogen-bond donors (Lipinski definition) is 0. The van der Waals surface area contributed by atoms with Gasteiger partial charge in [0.05, 0.1) is 37.3 Å². The average molecular weight is 637 g/mol. The number of piperazine rings is 1. The summed E-state index contributed by atoms with van der Waals surface area (Å²) in [6.45, 7) is 8.76. The summed E-state index contributed by atoms with van der Waals surface area (Å²) in [6, 6.07) is 26.5. The zero-order valence-electron chi connectivity index (χ0n) is 26.8. The molecule has 5 aromatic rings. The van der Waals surface area contributed by atoms with E-state index in [4.69, 9.17) is 14.2 Å². The summed E-state index contributed by atoms with van der Waals surface area (Å²) in [5.41, 5.74) is 3.34. The zero-order chi connectivity index (χ0) is 32.2. The van der Waals surface area contributed by atoms with E-state index in [1.165, 1.54) is 0 Å². The van der Waals surface area contributed by atoms with Crippen molar-refractivity contribution in [1.29, 1.82) is 0 Å². The largest absolute Gasteiger partial charge is 0.488 e. The summed E-state index contributed by atoms with van der Waals surface area (Å²) in [6.07, 6.45) is 5.26. The summed E-state index contributed by atoms with van der Waals surface area (Å²) < 4.78 is 21.8. The lowest BCUT2D eigenvalue weighted by Gasteiger charge is -2.37. The van der Waals surface area contributed by atoms with Crippen molar-refractivity contribution in [2.24, 2.45) is 0 Å². The molecule has 3 atom stereocenters. The van der Waals surface area contributed by atoms with E-state index in [2.05, 4.69) is 56.3 Å². The second-order valence-electron chi connectivity index (χ2n) is 12.1. The van der Waals surface area contributed by atoms with E-state index in [0.717, 1.165) is 61.0 Å². The highest BCUT2D eigenvalue weighted by atomic mass is 16.7. The molecule has 0 amide bonds. The molecule has 4 heterocycles. The predicted molar refractivity (Wildman–Crippen MR) is 178 cm³/mol. The minimum atomic E-state index is -0.695. The van der Waals surface area contributed by atoms with Crippen molar-refractivity contribution in [3.8, 4) is 11.4 Å². The Morgan fingerprint density at radius 1 is 0.851 bits per heavy atom. The molecular formula is C35H40N8O4. The van der Waals surface area contributed by atoms with E-state index in [9.17, 15) is 4.79 Å². The molecule has 2 aliphatic heterocycles. The van der Waals surface area contributed by atoms with E-state index in [1.54, 1.807) is 32.8 Å². The van der Waals surface area contributed by atoms with Crippen LogP contribution in [-0.4, -0.2) is 75.0 Å². The van der Waals surface area contributed by atoms with Crippen molar-refractivity contribution in [2.45, 2.75) is 44.7 Å². The topological polar surface area (TPSA) is 105 Å². The smallest absolute Gasteiger partial charge is 0.350 e. The maximum absolute atomic E-state index is 12.8. The van der Waals surface area contributed by atoms with Gasteiger partial charge in [0.1, 0.15) is 24.3 Å². The Bertz CT molecular complexity index is 1780. The van der Waals surface area contributed by atoms with Crippen LogP contribution < -0.4 is 20.2 Å². The number of aromatic nitrogens is 6. The summed E-state index contributed by atoms with van der Waals surface area (Å²) in [4.78, 5) is 19.2. The minimum Gasteiger partial charge on any atom is -0.488 e. The first-order chi connectivity index (χ1) is 23.0. The lowest BCUT2D eigenvalue weighted by molar-refractivity contribution is -0.117. The number of hydrogen-bond acceptors (Lipinski definition) is 9. The van der Waals surface area contributed by atoms with E-state index < -0.39 is 11.9 Å². The summed E-state index contributed by atoms with van der Waals surface area (Å²) >= 11 is 0. The number of ether oxygens (including phenoxy) is 3. The van der Waals surface area contributed by atoms with Crippen LogP contribution in [0.1, 0.15) is 31.9 Å². The molecule has 12 nitrogen and oxygen atoms in total. The molecule has 12 heteroatoms. The molecule has 2 saturated heterocycles. The monoisotopic (exact) mass is 636 g/mol. The van der Waals surface area contributed by atoms with Gasteiger partial charge >= 0.3 is 5.69 Å². The zero-order valence-corrected chi connectivity index (χ0v) is 26.8. The number of anilines is 2. The van der Waals surface area contributed by atoms with E-state index >= 15 is 0 Å². The molecule has 0 N–H and O–H groups in total. The Hall–Kier alpha value is -4.94. The van der Waals surface area contributed by atoms with Crippen molar-refractivity contribution in [1.82, 2.24) is 29.3 Å². The second-order valence-corrected chi connectivity index (χ2v) is 12.1. The highest BCUT2D eigenvalue weighted by Gasteiger charge is 2.44. The van der Waals surface area contributed by atoms with Gasteiger partial charge in [0.25, 0.3) is 0 Å². The Morgan fingerprint density at radius 2 is 1.47 bits per heavy atom. The summed E-state index contributed by atoms with van der Waals surface area (Å²) in [5, 5.41) is 12.9. The van der Waals surface area contributed by atoms with Crippen molar-refractivity contribution < 1.29 is 14.2 Å². The fourth-order valence-corrected chi connectivity index (χ4v) is 6.18. The lowest BCUT2D eigenvalue weighted by Crippen LogP contribution is -2.46. The standard InChI is InChI=1S/C35H40N8O4/c1-3-27(2)43-34(44)41(26-38-43)31-11-9-29(10-12-31)39-19-21-40(22-20-39)30-13-15-32(16-14-30)45-23-33-46-25-35(47-33,24-42-36-17-18-37-42)28-7-5-4-6-8-28/h4-18,26-27,33H,3,19-25H2,1-2H3/t27?,33-,35+/m1/s1. The molecule has 244 valence electrons. The van der Waals surface area contributed by atoms with Gasteiger partial charge in [-0.25, -0.2) is 14.0 Å². The van der Waals surface area contributed by atoms with Crippen molar-refractivity contribution in [2.75, 3.05) is 49.2 Å². The second kappa shape index (κ2) is 13.4. The molecule has 2 fully saturated rings. The molecule has 3 aromatic carbocycles. The molecule has 0 radical (unpaired) electrons. The van der Waals surface area contributed by atoms with Gasteiger partial charge in [-0.15, -0.1) is 0 Å². The third-order valence-electron chi connectivity index (χ3n) is 9.09. The maximum atomic E-state index is 12.8. The molecule has 47 heavy (non-hydrogen) atoms. The SMILES string of the molecule is CCC(C)n1ncn(-c2ccc(N3CCN(c4ccc(OC[C@@H]5OC[C@@](Cn6nccn6)(c6ccccc6)O5)cc4)CC3)cc2)c1=O. The highest BCUT2D eigenvalue weighted by Crippen LogP contribution is 2.35. The van der Waals surface area contributed by atoms with Gasteiger partial charge in [-0.1, -0.05) is 37.3 Å². The molecular weight excluding hydrogens is 596 g/mol. The number of nitrogens with zero attached hydrogens (tertiary/aromatic N) is 8. The third kappa shape index (κ3) is 6.51. The normalized spacial score (nSPS) is 20.4. The fourth-order valence-electron chi connectivity index (χ4n) is 6.18. The van der Waals surface area contributed by atoms with Crippen molar-refractivity contribution in [3.05, 3.63) is 114 Å². The molecule has 0 bridgehead atoms. The first kappa shape index (κ1) is 30.7. The van der Waals surface area contributed by atoms with Gasteiger partial charge in [-0.2, -0.15) is 20.1 Å². The van der Waals surface area contributed by atoms with Gasteiger partial charge in [-0.3, -0.25) is 0 Å². The summed E-state index contributed by atoms with van der Waals surface area (Å²) in [7, 11) is 0. The van der Waals surface area contributed by atoms with Gasteiger partial charge in [0.15, 0.2) is 6.29 Å². The highest BCUT2D eigenvalue weighted by molar-refractivity contribution is 5.54. The molecule has 0 spiro atoms. The predicted octanol–water partition coefficient (Wildman–Crippen LogP) is 4.27. The number of benzene rings is 3. The Balaban J connectivity index is 0.913. The maximum Gasteiger partial charge on any atom is 0.350 e. The molecule has 1 unspecified atom stereocenters. The van der Waals surface area contributed by atoms with Crippen LogP contribution in [0, 0.1) is 0 Å². The molecule has 7 rings (SSSR count). The Morgan fingerprint density at radius 3 is 2.11 bits per heavy atom. The Labute approximate surface area is 273 Å². The van der Waals surface area contributed by atoms with Crippen LogP contribution in [0.5, 0.6) is 5.75 Å². The van der Waals surface area contributed by atoms with Crippen molar-refractivity contribution in [3.63, 3.8) is 0 Å². The van der Waals surface area contributed by atoms with Crippen molar-refractivity contribution >= 4 is 11.4 Å². The third-order valence-corrected chi connectivity index (χ3v) is 9.09. The average Bonchev–Trinajstić information content (AvgIpc) is 3.89. The van der Waals surface area contributed by atoms with Crippen LogP contribution in [0.3, 0.4) is 0 Å². The molecule has 0 aliphatic carbocycles. The van der Waals surface area contributed by atoms with Gasteiger partial charge in [-0.05, 0) is 67.4 Å². The molecule has 2 aliphatic rings. The van der Waals surface area contributed by atoms with Crippen LogP contribution in [-0.2, 0) is 21.6 Å². The van der Waals surface area contributed by atoms with Crippen LogP contribution in [0.25, 0.3) is 5.69 Å². The Kier molecular flexibility index (Phi) is 8.77. The number of rotatable bonds is 11. The lowest BCUT2D eigenvalue weighted by atomic mass is 9.95. The van der Waals surface area contributed by atoms with Crippen LogP contribution in [0.15, 0.2) is 102 Å². The molecule has 0 saturated carbocycles. The quantitative estimate of drug-likeness (QED) is 0.210. The molecule has 2 aromatic heterocycles. The van der Waals surface area contributed by atoms with Gasteiger partial charge < -0.3 is 24.0 Å². The summed E-state index contributed by atoms with van der Waals surface area (Å²) in [5.74, 6) is 0.763. The van der Waals surface area contributed by atoms with Gasteiger partial charge in [0.2, 0.25) is 0 Å². The first-order valence-electron chi connectivity index (χ1n) is 16.2. The van der Waals surface area contributed by atoms with Gasteiger partial charge in [0, 0.05) is 37.6 Å². The first-order valence-corrected chi connectivity index (χ1v) is 16.2. The van der Waals surface area contributed by atoms with Crippen LogP contribution in [0.2, 0.25) is 0 Å². The van der Waals surface area contributed by atoms with E-state index in [0.29, 0.717) is 13.2 Å². The fraction of sp³-hybridized carbons (Fsp3) is 0.371. The van der Waals surface area contributed by atoms with E-state index in [1.807, 2.05) is 61.5 Å². The van der Waals surface area contributed by atoms with E-state index in [-0.39, 0.29) is 18.3 Å². The minimum absolute atomic E-state index is 0.0716. The van der Waals surface area contributed by atoms with Crippen LogP contribution in [0.4, 0.5) is 11.4 Å². The van der Waals surface area contributed by atoms with Crippen LogP contribution >= 0.6 is 0 Å².